The van der Waals surface area contributed by atoms with Crippen molar-refractivity contribution in [1.29, 1.82) is 0 Å². The van der Waals surface area contributed by atoms with Crippen molar-refractivity contribution in [2.45, 2.75) is 18.9 Å². The van der Waals surface area contributed by atoms with Gasteiger partial charge >= 0.3 is 11.9 Å². The van der Waals surface area contributed by atoms with Crippen LogP contribution in [0.4, 0.5) is 0 Å². The number of carboxylic acid groups (broad SMARTS) is 1. The summed E-state index contributed by atoms with van der Waals surface area (Å²) in [7, 11) is 1.20. The van der Waals surface area contributed by atoms with Gasteiger partial charge in [-0.05, 0) is 18.6 Å². The van der Waals surface area contributed by atoms with E-state index in [0.717, 1.165) is 0 Å². The Morgan fingerprint density at radius 2 is 2.15 bits per heavy atom. The first-order valence-corrected chi connectivity index (χ1v) is 6.04. The average Bonchev–Trinajstić information content (AvgIpc) is 2.43. The fraction of sp³-hybridized carbons (Fsp3) is 0.333. The van der Waals surface area contributed by atoms with E-state index in [1.807, 2.05) is 0 Å². The Labute approximate surface area is 119 Å². The van der Waals surface area contributed by atoms with Crippen molar-refractivity contribution in [1.82, 2.24) is 10.3 Å². The molecule has 0 aliphatic carbocycles. The number of methoxy groups -OCH3 is 1. The van der Waals surface area contributed by atoms with Gasteiger partial charge in [-0.2, -0.15) is 0 Å². The van der Waals surface area contributed by atoms with Crippen LogP contribution in [-0.4, -0.2) is 41.1 Å². The summed E-state index contributed by atoms with van der Waals surface area (Å²) < 4.78 is 4.41. The van der Waals surface area contributed by atoms with Gasteiger partial charge in [0, 0.05) is 12.6 Å². The van der Waals surface area contributed by atoms with E-state index >= 15 is 0 Å². The van der Waals surface area contributed by atoms with E-state index in [4.69, 9.17) is 16.7 Å². The molecule has 7 nitrogen and oxygen atoms in total. The standard InChI is InChI=1S/C12H13ClN2O5/c1-20-10(16)5-3-8(12(18)19)15-11(17)7-2-4-9(13)14-6-7/h2,4,6,8H,3,5H2,1H3,(H,15,17)(H,18,19)/t8-/m0/s1. The summed E-state index contributed by atoms with van der Waals surface area (Å²) in [6.45, 7) is 0. The van der Waals surface area contributed by atoms with E-state index in [-0.39, 0.29) is 23.6 Å². The topological polar surface area (TPSA) is 106 Å². The summed E-state index contributed by atoms with van der Waals surface area (Å²) in [6, 6.07) is 1.65. The van der Waals surface area contributed by atoms with Crippen molar-refractivity contribution < 1.29 is 24.2 Å². The fourth-order valence-corrected chi connectivity index (χ4v) is 1.49. The van der Waals surface area contributed by atoms with E-state index in [9.17, 15) is 14.4 Å². The summed E-state index contributed by atoms with van der Waals surface area (Å²) in [5.41, 5.74) is 0.179. The molecule has 2 N–H and O–H groups in total. The van der Waals surface area contributed by atoms with Gasteiger partial charge in [0.05, 0.1) is 12.7 Å². The monoisotopic (exact) mass is 300 g/mol. The van der Waals surface area contributed by atoms with Gasteiger partial charge in [0.2, 0.25) is 0 Å². The molecule has 8 heteroatoms. The smallest absolute Gasteiger partial charge is 0.326 e. The van der Waals surface area contributed by atoms with E-state index in [1.165, 1.54) is 25.4 Å². The van der Waals surface area contributed by atoms with E-state index in [1.54, 1.807) is 0 Å². The minimum atomic E-state index is -1.23. The molecular formula is C12H13ClN2O5. The lowest BCUT2D eigenvalue weighted by atomic mass is 10.1. The van der Waals surface area contributed by atoms with E-state index in [2.05, 4.69) is 15.0 Å². The van der Waals surface area contributed by atoms with Crippen LogP contribution in [0, 0.1) is 0 Å². The molecule has 1 atom stereocenters. The number of ether oxygens (including phenoxy) is 1. The number of carbonyl (C=O) groups is 3. The van der Waals surface area contributed by atoms with E-state index < -0.39 is 23.9 Å². The summed E-state index contributed by atoms with van der Waals surface area (Å²) in [5, 5.41) is 11.5. The first-order chi connectivity index (χ1) is 9.43. The molecule has 0 saturated heterocycles. The van der Waals surface area contributed by atoms with Crippen molar-refractivity contribution in [2.75, 3.05) is 7.11 Å². The van der Waals surface area contributed by atoms with Gasteiger partial charge in [-0.15, -0.1) is 0 Å². The molecule has 0 aromatic carbocycles. The maximum atomic E-state index is 11.8. The summed E-state index contributed by atoms with van der Waals surface area (Å²) in [4.78, 5) is 37.5. The fourth-order valence-electron chi connectivity index (χ4n) is 1.37. The second-order valence-electron chi connectivity index (χ2n) is 3.85. The number of aromatic nitrogens is 1. The third-order valence-electron chi connectivity index (χ3n) is 2.46. The van der Waals surface area contributed by atoms with Crippen LogP contribution in [0.15, 0.2) is 18.3 Å². The quantitative estimate of drug-likeness (QED) is 0.596. The number of rotatable bonds is 6. The van der Waals surface area contributed by atoms with Crippen LogP contribution in [0.3, 0.4) is 0 Å². The van der Waals surface area contributed by atoms with Crippen LogP contribution in [-0.2, 0) is 14.3 Å². The maximum absolute atomic E-state index is 11.8. The van der Waals surface area contributed by atoms with Crippen LogP contribution < -0.4 is 5.32 Å². The SMILES string of the molecule is COC(=O)CC[C@H](NC(=O)c1ccc(Cl)nc1)C(=O)O. The Morgan fingerprint density at radius 3 is 2.65 bits per heavy atom. The number of amides is 1. The second kappa shape index (κ2) is 7.44. The number of nitrogens with one attached hydrogen (secondary N) is 1. The Morgan fingerprint density at radius 1 is 1.45 bits per heavy atom. The Hall–Kier alpha value is -2.15. The molecule has 1 heterocycles. The molecule has 20 heavy (non-hydrogen) atoms. The first kappa shape index (κ1) is 15.9. The molecule has 1 aromatic heterocycles. The van der Waals surface area contributed by atoms with Gasteiger partial charge in [0.1, 0.15) is 11.2 Å². The number of hydrogen-bond acceptors (Lipinski definition) is 5. The van der Waals surface area contributed by atoms with Gasteiger partial charge in [-0.3, -0.25) is 9.59 Å². The minimum Gasteiger partial charge on any atom is -0.480 e. The molecule has 0 aliphatic heterocycles. The van der Waals surface area contributed by atoms with Crippen molar-refractivity contribution in [3.63, 3.8) is 0 Å². The lowest BCUT2D eigenvalue weighted by Gasteiger charge is -2.13. The van der Waals surface area contributed by atoms with Gasteiger partial charge < -0.3 is 15.2 Å². The van der Waals surface area contributed by atoms with Crippen LogP contribution in [0.1, 0.15) is 23.2 Å². The Balaban J connectivity index is 2.65. The zero-order valence-electron chi connectivity index (χ0n) is 10.6. The third kappa shape index (κ3) is 4.85. The van der Waals surface area contributed by atoms with Gasteiger partial charge in [-0.25, -0.2) is 9.78 Å². The van der Waals surface area contributed by atoms with Crippen molar-refractivity contribution >= 4 is 29.4 Å². The molecule has 0 unspecified atom stereocenters. The second-order valence-corrected chi connectivity index (χ2v) is 4.24. The minimum absolute atomic E-state index is 0.0607. The number of halogens is 1. The molecule has 0 aliphatic rings. The molecule has 1 aromatic rings. The zero-order valence-corrected chi connectivity index (χ0v) is 11.4. The highest BCUT2D eigenvalue weighted by molar-refractivity contribution is 6.29. The molecule has 0 saturated carbocycles. The van der Waals surface area contributed by atoms with Crippen molar-refractivity contribution in [2.24, 2.45) is 0 Å². The maximum Gasteiger partial charge on any atom is 0.326 e. The number of nitrogens with zero attached hydrogens (tertiary/aromatic N) is 1. The van der Waals surface area contributed by atoms with Gasteiger partial charge in [0.15, 0.2) is 0 Å². The number of carboxylic acids is 1. The summed E-state index contributed by atoms with van der Waals surface area (Å²) in [5.74, 6) is -2.38. The molecule has 108 valence electrons. The number of pyridine rings is 1. The van der Waals surface area contributed by atoms with Crippen LogP contribution in [0.2, 0.25) is 5.15 Å². The van der Waals surface area contributed by atoms with Crippen LogP contribution >= 0.6 is 11.6 Å². The first-order valence-electron chi connectivity index (χ1n) is 5.66. The average molecular weight is 301 g/mol. The third-order valence-corrected chi connectivity index (χ3v) is 2.68. The Kier molecular flexibility index (Phi) is 5.92. The lowest BCUT2D eigenvalue weighted by molar-refractivity contribution is -0.142. The molecular weight excluding hydrogens is 288 g/mol. The van der Waals surface area contributed by atoms with Crippen LogP contribution in [0.5, 0.6) is 0 Å². The van der Waals surface area contributed by atoms with Crippen molar-refractivity contribution in [3.8, 4) is 0 Å². The lowest BCUT2D eigenvalue weighted by Crippen LogP contribution is -2.41. The summed E-state index contributed by atoms with van der Waals surface area (Å²) >= 11 is 5.58. The number of carbonyl (C=O) groups excluding carboxylic acids is 2. The normalized spacial score (nSPS) is 11.5. The highest BCUT2D eigenvalue weighted by Crippen LogP contribution is 2.06. The molecule has 1 rings (SSSR count). The van der Waals surface area contributed by atoms with Gasteiger partial charge in [0.25, 0.3) is 5.91 Å². The van der Waals surface area contributed by atoms with Crippen molar-refractivity contribution in [3.05, 3.63) is 29.0 Å². The number of esters is 1. The molecule has 0 fully saturated rings. The molecule has 0 bridgehead atoms. The predicted molar refractivity (Wildman–Crippen MR) is 69.4 cm³/mol. The molecule has 1 amide bonds. The Bertz CT molecular complexity index is 503. The molecule has 0 spiro atoms. The highest BCUT2D eigenvalue weighted by atomic mass is 35.5. The molecule has 0 radical (unpaired) electrons. The predicted octanol–water partition coefficient (Wildman–Crippen LogP) is 0.871. The summed E-state index contributed by atoms with van der Waals surface area (Å²) in [6.07, 6.45) is 1.07. The number of hydrogen-bond donors (Lipinski definition) is 2. The van der Waals surface area contributed by atoms with E-state index in [0.29, 0.717) is 0 Å². The van der Waals surface area contributed by atoms with Gasteiger partial charge in [-0.1, -0.05) is 11.6 Å². The zero-order chi connectivity index (χ0) is 15.1. The van der Waals surface area contributed by atoms with Crippen LogP contribution in [0.25, 0.3) is 0 Å². The number of aliphatic carboxylic acids is 1. The largest absolute Gasteiger partial charge is 0.480 e. The highest BCUT2D eigenvalue weighted by Gasteiger charge is 2.22.